The van der Waals surface area contributed by atoms with Crippen LogP contribution in [0.3, 0.4) is 0 Å². The Morgan fingerprint density at radius 2 is 1.95 bits per heavy atom. The molecule has 1 aromatic heterocycles. The van der Waals surface area contributed by atoms with Gasteiger partial charge in [-0.15, -0.1) is 0 Å². The first kappa shape index (κ1) is 14.2. The first-order chi connectivity index (χ1) is 10.6. The molecule has 1 spiro atoms. The quantitative estimate of drug-likeness (QED) is 0.931. The largest absolute Gasteiger partial charge is 0.338 e. The number of aryl methyl sites for hydroxylation is 2. The molecular weight excluding hydrogens is 276 g/mol. The van der Waals surface area contributed by atoms with E-state index < -0.39 is 0 Å². The van der Waals surface area contributed by atoms with Crippen molar-refractivity contribution in [3.8, 4) is 0 Å². The number of aromatic amines is 1. The third-order valence-corrected chi connectivity index (χ3v) is 5.89. The number of hydrogen-bond donors (Lipinski definition) is 1. The van der Waals surface area contributed by atoms with E-state index in [2.05, 4.69) is 33.8 Å². The zero-order valence-corrected chi connectivity index (χ0v) is 13.7. The number of piperidine rings is 1. The van der Waals surface area contributed by atoms with Crippen LogP contribution in [0.5, 0.6) is 0 Å². The lowest BCUT2D eigenvalue weighted by Gasteiger charge is -2.45. The first-order valence-electron chi connectivity index (χ1n) is 8.68. The highest BCUT2D eigenvalue weighted by atomic mass is 16.2. The van der Waals surface area contributed by atoms with Gasteiger partial charge in [0.1, 0.15) is 5.54 Å². The normalized spacial score (nSPS) is 29.7. The van der Waals surface area contributed by atoms with Gasteiger partial charge in [-0.25, -0.2) is 0 Å². The topological polar surface area (TPSA) is 52.2 Å². The van der Waals surface area contributed by atoms with E-state index in [0.717, 1.165) is 56.7 Å². The summed E-state index contributed by atoms with van der Waals surface area (Å²) in [4.78, 5) is 17.8. The summed E-state index contributed by atoms with van der Waals surface area (Å²) >= 11 is 0. The molecule has 1 aliphatic carbocycles. The Morgan fingerprint density at radius 1 is 1.23 bits per heavy atom. The van der Waals surface area contributed by atoms with Gasteiger partial charge in [0, 0.05) is 30.4 Å². The molecule has 1 atom stereocenters. The standard InChI is InChI=1S/C17H26N4O/c1-12-15(13(2)19-18-12)11-20-9-3-7-17(20)8-4-10-21(16(17)22)14-5-6-14/h14H,3-11H2,1-2H3,(H,18,19). The van der Waals surface area contributed by atoms with Gasteiger partial charge in [0.05, 0.1) is 5.69 Å². The fourth-order valence-electron chi connectivity index (χ4n) is 4.44. The minimum atomic E-state index is -0.225. The number of nitrogens with one attached hydrogen (secondary N) is 1. The predicted molar refractivity (Wildman–Crippen MR) is 84.4 cm³/mol. The maximum Gasteiger partial charge on any atom is 0.243 e. The fraction of sp³-hybridized carbons (Fsp3) is 0.765. The maximum atomic E-state index is 13.2. The lowest BCUT2D eigenvalue weighted by molar-refractivity contribution is -0.148. The van der Waals surface area contributed by atoms with Gasteiger partial charge < -0.3 is 4.90 Å². The van der Waals surface area contributed by atoms with Crippen molar-refractivity contribution < 1.29 is 4.79 Å². The summed E-state index contributed by atoms with van der Waals surface area (Å²) in [6.07, 6.45) is 6.78. The minimum absolute atomic E-state index is 0.225. The van der Waals surface area contributed by atoms with Crippen molar-refractivity contribution in [3.63, 3.8) is 0 Å². The van der Waals surface area contributed by atoms with E-state index in [0.29, 0.717) is 11.9 Å². The molecule has 5 heteroatoms. The van der Waals surface area contributed by atoms with Gasteiger partial charge >= 0.3 is 0 Å². The number of nitrogens with zero attached hydrogens (tertiary/aromatic N) is 3. The van der Waals surface area contributed by atoms with Crippen molar-refractivity contribution in [2.45, 2.75) is 70.5 Å². The number of aromatic nitrogens is 2. The molecule has 1 N–H and O–H groups in total. The van der Waals surface area contributed by atoms with E-state index in [4.69, 9.17) is 0 Å². The molecule has 0 aromatic carbocycles. The second kappa shape index (κ2) is 5.08. The third kappa shape index (κ3) is 2.09. The van der Waals surface area contributed by atoms with E-state index in [-0.39, 0.29) is 5.54 Å². The Labute approximate surface area is 132 Å². The van der Waals surface area contributed by atoms with E-state index in [1.165, 1.54) is 18.4 Å². The van der Waals surface area contributed by atoms with Crippen LogP contribution in [0.2, 0.25) is 0 Å². The first-order valence-corrected chi connectivity index (χ1v) is 8.68. The Kier molecular flexibility index (Phi) is 3.29. The Bertz CT molecular complexity index is 572. The summed E-state index contributed by atoms with van der Waals surface area (Å²) in [7, 11) is 0. The van der Waals surface area contributed by atoms with Gasteiger partial charge in [-0.2, -0.15) is 5.10 Å². The molecule has 0 radical (unpaired) electrons. The third-order valence-electron chi connectivity index (χ3n) is 5.89. The molecule has 3 fully saturated rings. The SMILES string of the molecule is Cc1n[nH]c(C)c1CN1CCCC12CCCN(C1CC1)C2=O. The number of carbonyl (C=O) groups is 1. The number of hydrogen-bond acceptors (Lipinski definition) is 3. The minimum Gasteiger partial charge on any atom is -0.338 e. The monoisotopic (exact) mass is 302 g/mol. The van der Waals surface area contributed by atoms with Crippen LogP contribution in [-0.2, 0) is 11.3 Å². The number of amides is 1. The van der Waals surface area contributed by atoms with Crippen LogP contribution in [0.15, 0.2) is 0 Å². The number of likely N-dealkylation sites (tertiary alicyclic amines) is 2. The van der Waals surface area contributed by atoms with E-state index in [9.17, 15) is 4.79 Å². The van der Waals surface area contributed by atoms with Gasteiger partial charge in [0.15, 0.2) is 0 Å². The Morgan fingerprint density at radius 3 is 2.59 bits per heavy atom. The molecule has 4 rings (SSSR count). The molecule has 1 amide bonds. The lowest BCUT2D eigenvalue weighted by Crippen LogP contribution is -2.60. The molecule has 22 heavy (non-hydrogen) atoms. The van der Waals surface area contributed by atoms with Crippen LogP contribution < -0.4 is 0 Å². The van der Waals surface area contributed by atoms with Gasteiger partial charge in [0.25, 0.3) is 0 Å². The molecule has 0 bridgehead atoms. The van der Waals surface area contributed by atoms with Crippen molar-refractivity contribution >= 4 is 5.91 Å². The zero-order chi connectivity index (χ0) is 15.3. The summed E-state index contributed by atoms with van der Waals surface area (Å²) in [5.74, 6) is 0.414. The summed E-state index contributed by atoms with van der Waals surface area (Å²) in [5.41, 5.74) is 3.26. The van der Waals surface area contributed by atoms with Crippen molar-refractivity contribution in [1.29, 1.82) is 0 Å². The van der Waals surface area contributed by atoms with Crippen molar-refractivity contribution in [3.05, 3.63) is 17.0 Å². The summed E-state index contributed by atoms with van der Waals surface area (Å²) in [6.45, 7) is 7.01. The van der Waals surface area contributed by atoms with Crippen LogP contribution in [0.25, 0.3) is 0 Å². The van der Waals surface area contributed by atoms with Crippen LogP contribution in [0.1, 0.15) is 55.5 Å². The predicted octanol–water partition coefficient (Wildman–Crippen LogP) is 2.15. The summed E-state index contributed by atoms with van der Waals surface area (Å²) < 4.78 is 0. The lowest BCUT2D eigenvalue weighted by atomic mass is 9.85. The second-order valence-electron chi connectivity index (χ2n) is 7.30. The average molecular weight is 302 g/mol. The molecule has 3 aliphatic rings. The second-order valence-corrected chi connectivity index (χ2v) is 7.30. The molecule has 2 aliphatic heterocycles. The molecule has 1 saturated carbocycles. The van der Waals surface area contributed by atoms with E-state index >= 15 is 0 Å². The molecular formula is C17H26N4O. The van der Waals surface area contributed by atoms with Gasteiger partial charge in [-0.3, -0.25) is 14.8 Å². The highest BCUT2D eigenvalue weighted by Crippen LogP contribution is 2.42. The molecule has 120 valence electrons. The molecule has 1 unspecified atom stereocenters. The van der Waals surface area contributed by atoms with Gasteiger partial charge in [-0.1, -0.05) is 0 Å². The highest BCUT2D eigenvalue weighted by Gasteiger charge is 2.53. The summed E-state index contributed by atoms with van der Waals surface area (Å²) in [5, 5.41) is 7.40. The molecule has 5 nitrogen and oxygen atoms in total. The van der Waals surface area contributed by atoms with Crippen LogP contribution in [-0.4, -0.2) is 50.6 Å². The Balaban J connectivity index is 1.60. The molecule has 3 heterocycles. The van der Waals surface area contributed by atoms with Crippen LogP contribution in [0.4, 0.5) is 0 Å². The Hall–Kier alpha value is -1.36. The molecule has 2 saturated heterocycles. The van der Waals surface area contributed by atoms with Crippen molar-refractivity contribution in [1.82, 2.24) is 20.0 Å². The maximum absolute atomic E-state index is 13.2. The van der Waals surface area contributed by atoms with Gasteiger partial charge in [-0.05, 0) is 58.9 Å². The van der Waals surface area contributed by atoms with Crippen molar-refractivity contribution in [2.75, 3.05) is 13.1 Å². The van der Waals surface area contributed by atoms with E-state index in [1.54, 1.807) is 0 Å². The number of H-pyrrole nitrogens is 1. The van der Waals surface area contributed by atoms with Crippen LogP contribution >= 0.6 is 0 Å². The van der Waals surface area contributed by atoms with Crippen LogP contribution in [0, 0.1) is 13.8 Å². The highest BCUT2D eigenvalue weighted by molar-refractivity contribution is 5.88. The molecule has 1 aromatic rings. The van der Waals surface area contributed by atoms with Gasteiger partial charge in [0.2, 0.25) is 5.91 Å². The fourth-order valence-corrected chi connectivity index (χ4v) is 4.44. The smallest absolute Gasteiger partial charge is 0.243 e. The average Bonchev–Trinajstić information content (AvgIpc) is 3.20. The van der Waals surface area contributed by atoms with Crippen molar-refractivity contribution in [2.24, 2.45) is 0 Å². The van der Waals surface area contributed by atoms with E-state index in [1.807, 2.05) is 0 Å². The number of rotatable bonds is 3. The zero-order valence-electron chi connectivity index (χ0n) is 13.7. The summed E-state index contributed by atoms with van der Waals surface area (Å²) in [6, 6.07) is 0.546. The number of carbonyl (C=O) groups excluding carboxylic acids is 1.